The average molecular weight is 238 g/mol. The smallest absolute Gasteiger partial charge is 0.220 e. The highest BCUT2D eigenvalue weighted by Crippen LogP contribution is 2.26. The normalized spacial score (nSPS) is 14.4. The molecule has 6 N–H and O–H groups in total. The Labute approximate surface area is 100 Å². The molecule has 1 aromatic carbocycles. The summed E-state index contributed by atoms with van der Waals surface area (Å²) >= 11 is 0. The number of aliphatic hydroxyl groups is 2. The molecule has 0 heterocycles. The largest absolute Gasteiger partial charge is 0.399 e. The van der Waals surface area contributed by atoms with Crippen LogP contribution in [0.25, 0.3) is 0 Å². The molecule has 0 aromatic heterocycles. The maximum Gasteiger partial charge on any atom is 0.220 e. The van der Waals surface area contributed by atoms with Gasteiger partial charge in [-0.15, -0.1) is 0 Å². The van der Waals surface area contributed by atoms with Gasteiger partial charge in [-0.3, -0.25) is 4.79 Å². The molecule has 2 unspecified atom stereocenters. The van der Waals surface area contributed by atoms with E-state index >= 15 is 0 Å². The van der Waals surface area contributed by atoms with Crippen LogP contribution in [0.4, 0.5) is 5.69 Å². The van der Waals surface area contributed by atoms with Gasteiger partial charge in [-0.1, -0.05) is 6.07 Å². The molecule has 1 aromatic rings. The van der Waals surface area contributed by atoms with Crippen LogP contribution in [0.15, 0.2) is 12.1 Å². The van der Waals surface area contributed by atoms with Crippen molar-refractivity contribution in [2.75, 3.05) is 5.73 Å². The van der Waals surface area contributed by atoms with Crippen LogP contribution in [0.1, 0.15) is 29.2 Å². The lowest BCUT2D eigenvalue weighted by Gasteiger charge is -2.20. The molecule has 0 aliphatic rings. The van der Waals surface area contributed by atoms with Gasteiger partial charge in [0, 0.05) is 5.69 Å². The second-order valence-corrected chi connectivity index (χ2v) is 4.25. The number of benzene rings is 1. The molecule has 94 valence electrons. The molecule has 0 aliphatic heterocycles. The van der Waals surface area contributed by atoms with E-state index in [0.29, 0.717) is 11.3 Å². The van der Waals surface area contributed by atoms with Crippen LogP contribution in [0.5, 0.6) is 0 Å². The number of aliphatic hydroxyl groups excluding tert-OH is 2. The zero-order valence-electron chi connectivity index (χ0n) is 9.97. The van der Waals surface area contributed by atoms with Gasteiger partial charge < -0.3 is 21.7 Å². The summed E-state index contributed by atoms with van der Waals surface area (Å²) in [6.45, 7) is 3.59. The molecule has 1 amide bonds. The lowest BCUT2D eigenvalue weighted by molar-refractivity contribution is -0.121. The third-order valence-corrected chi connectivity index (χ3v) is 2.75. The molecule has 0 radical (unpaired) electrons. The van der Waals surface area contributed by atoms with Crippen molar-refractivity contribution in [3.63, 3.8) is 0 Å². The van der Waals surface area contributed by atoms with Crippen molar-refractivity contribution >= 4 is 11.6 Å². The number of nitrogen functional groups attached to an aromatic ring is 1. The van der Waals surface area contributed by atoms with Gasteiger partial charge in [-0.05, 0) is 36.6 Å². The van der Waals surface area contributed by atoms with Crippen molar-refractivity contribution in [3.8, 4) is 0 Å². The number of carbonyl (C=O) groups excluding carboxylic acids is 1. The third-order valence-electron chi connectivity index (χ3n) is 2.75. The fraction of sp³-hybridized carbons (Fsp3) is 0.417. The van der Waals surface area contributed by atoms with E-state index < -0.39 is 18.1 Å². The fourth-order valence-corrected chi connectivity index (χ4v) is 1.70. The molecule has 5 nitrogen and oxygen atoms in total. The van der Waals surface area contributed by atoms with Crippen molar-refractivity contribution in [1.29, 1.82) is 0 Å². The fourth-order valence-electron chi connectivity index (χ4n) is 1.70. The number of anilines is 1. The van der Waals surface area contributed by atoms with E-state index in [0.717, 1.165) is 11.1 Å². The number of hydrogen-bond acceptors (Lipinski definition) is 4. The van der Waals surface area contributed by atoms with Gasteiger partial charge in [0.2, 0.25) is 5.91 Å². The van der Waals surface area contributed by atoms with E-state index in [4.69, 9.17) is 11.5 Å². The molecule has 0 bridgehead atoms. The minimum atomic E-state index is -1.20. The van der Waals surface area contributed by atoms with Crippen molar-refractivity contribution < 1.29 is 15.0 Å². The van der Waals surface area contributed by atoms with E-state index in [-0.39, 0.29) is 6.42 Å². The first-order valence-corrected chi connectivity index (χ1v) is 5.34. The highest BCUT2D eigenvalue weighted by Gasteiger charge is 2.22. The number of hydrogen-bond donors (Lipinski definition) is 4. The van der Waals surface area contributed by atoms with Crippen molar-refractivity contribution in [2.24, 2.45) is 5.73 Å². The molecule has 0 spiro atoms. The Morgan fingerprint density at radius 3 is 2.41 bits per heavy atom. The number of amides is 1. The summed E-state index contributed by atoms with van der Waals surface area (Å²) in [5.41, 5.74) is 13.5. The van der Waals surface area contributed by atoms with Gasteiger partial charge in [0.15, 0.2) is 0 Å². The first-order valence-electron chi connectivity index (χ1n) is 5.34. The topological polar surface area (TPSA) is 110 Å². The Morgan fingerprint density at radius 1 is 1.29 bits per heavy atom. The first-order chi connectivity index (χ1) is 7.82. The van der Waals surface area contributed by atoms with Gasteiger partial charge in [0.05, 0.1) is 12.5 Å². The highest BCUT2D eigenvalue weighted by atomic mass is 16.3. The van der Waals surface area contributed by atoms with Crippen LogP contribution in [-0.2, 0) is 4.79 Å². The van der Waals surface area contributed by atoms with Crippen LogP contribution >= 0.6 is 0 Å². The number of carbonyl (C=O) groups is 1. The molecule has 5 heteroatoms. The number of aryl methyl sites for hydroxylation is 2. The lowest BCUT2D eigenvalue weighted by Crippen LogP contribution is -2.26. The van der Waals surface area contributed by atoms with Crippen LogP contribution in [0.3, 0.4) is 0 Å². The van der Waals surface area contributed by atoms with Gasteiger partial charge in [0.1, 0.15) is 6.10 Å². The van der Waals surface area contributed by atoms with Crippen LogP contribution in [0.2, 0.25) is 0 Å². The van der Waals surface area contributed by atoms with Crippen LogP contribution in [-0.4, -0.2) is 22.2 Å². The summed E-state index contributed by atoms with van der Waals surface area (Å²) in [5.74, 6) is -0.652. The molecule has 17 heavy (non-hydrogen) atoms. The standard InChI is InChI=1S/C12H18N2O3/c1-6-4-9(13)7(2)3-8(6)12(17)10(15)5-11(14)16/h3-4,10,12,15,17H,5,13H2,1-2H3,(H2,14,16). The minimum Gasteiger partial charge on any atom is -0.399 e. The Bertz CT molecular complexity index is 432. The second-order valence-electron chi connectivity index (χ2n) is 4.25. The number of rotatable bonds is 4. The summed E-state index contributed by atoms with van der Waals surface area (Å²) in [6, 6.07) is 3.43. The molecule has 0 saturated carbocycles. The highest BCUT2D eigenvalue weighted by molar-refractivity contribution is 5.74. The predicted octanol–water partition coefficient (Wildman–Crippen LogP) is 0.155. The number of nitrogens with two attached hydrogens (primary N) is 2. The molecule has 0 saturated heterocycles. The number of primary amides is 1. The SMILES string of the molecule is Cc1cc(C(O)C(O)CC(N)=O)c(C)cc1N. The third kappa shape index (κ3) is 3.18. The lowest BCUT2D eigenvalue weighted by atomic mass is 9.95. The quantitative estimate of drug-likeness (QED) is 0.560. The summed E-state index contributed by atoms with van der Waals surface area (Å²) < 4.78 is 0. The molecular weight excluding hydrogens is 220 g/mol. The second kappa shape index (κ2) is 5.16. The zero-order valence-corrected chi connectivity index (χ0v) is 9.97. The molecule has 1 rings (SSSR count). The molecule has 0 aliphatic carbocycles. The Kier molecular flexibility index (Phi) is 4.09. The maximum atomic E-state index is 10.7. The monoisotopic (exact) mass is 238 g/mol. The van der Waals surface area contributed by atoms with Gasteiger partial charge >= 0.3 is 0 Å². The van der Waals surface area contributed by atoms with Gasteiger partial charge in [0.25, 0.3) is 0 Å². The summed E-state index contributed by atoms with van der Waals surface area (Å²) in [4.78, 5) is 10.7. The summed E-state index contributed by atoms with van der Waals surface area (Å²) in [5, 5.41) is 19.6. The Hall–Kier alpha value is -1.59. The predicted molar refractivity (Wildman–Crippen MR) is 65.1 cm³/mol. The van der Waals surface area contributed by atoms with Crippen LogP contribution < -0.4 is 11.5 Å². The van der Waals surface area contributed by atoms with E-state index in [9.17, 15) is 15.0 Å². The van der Waals surface area contributed by atoms with Crippen molar-refractivity contribution in [2.45, 2.75) is 32.5 Å². The summed E-state index contributed by atoms with van der Waals surface area (Å²) in [7, 11) is 0. The van der Waals surface area contributed by atoms with Crippen molar-refractivity contribution in [3.05, 3.63) is 28.8 Å². The van der Waals surface area contributed by atoms with Crippen LogP contribution in [0, 0.1) is 13.8 Å². The minimum absolute atomic E-state index is 0.274. The Balaban J connectivity index is 2.99. The summed E-state index contributed by atoms with van der Waals surface area (Å²) in [6.07, 6.45) is -2.61. The molecule has 2 atom stereocenters. The maximum absolute atomic E-state index is 10.7. The van der Waals surface area contributed by atoms with E-state index in [1.807, 2.05) is 6.92 Å². The van der Waals surface area contributed by atoms with Crippen molar-refractivity contribution in [1.82, 2.24) is 0 Å². The van der Waals surface area contributed by atoms with E-state index in [2.05, 4.69) is 0 Å². The zero-order chi connectivity index (χ0) is 13.2. The average Bonchev–Trinajstić information content (AvgIpc) is 2.21. The van der Waals surface area contributed by atoms with E-state index in [1.165, 1.54) is 0 Å². The van der Waals surface area contributed by atoms with E-state index in [1.54, 1.807) is 19.1 Å². The first kappa shape index (κ1) is 13.5. The molecule has 0 fully saturated rings. The van der Waals surface area contributed by atoms with Gasteiger partial charge in [-0.2, -0.15) is 0 Å². The Morgan fingerprint density at radius 2 is 1.88 bits per heavy atom. The van der Waals surface area contributed by atoms with Gasteiger partial charge in [-0.25, -0.2) is 0 Å². The molecular formula is C12H18N2O3.